The molecule has 1 saturated heterocycles. The molecule has 2 aliphatic rings. The molecule has 2 fully saturated rings. The maximum atomic E-state index is 9.31. The zero-order chi connectivity index (χ0) is 12.3. The van der Waals surface area contributed by atoms with Crippen molar-refractivity contribution in [1.82, 2.24) is 10.2 Å². The summed E-state index contributed by atoms with van der Waals surface area (Å²) in [7, 11) is 0. The molecule has 0 spiro atoms. The van der Waals surface area contributed by atoms with E-state index in [1.165, 1.54) is 38.9 Å². The van der Waals surface area contributed by atoms with Crippen molar-refractivity contribution in [1.29, 1.82) is 0 Å². The summed E-state index contributed by atoms with van der Waals surface area (Å²) >= 11 is 0. The Hall–Kier alpha value is -0.120. The van der Waals surface area contributed by atoms with E-state index in [2.05, 4.69) is 24.1 Å². The molecule has 0 amide bonds. The lowest BCUT2D eigenvalue weighted by atomic mass is 9.86. The first-order chi connectivity index (χ1) is 8.19. The van der Waals surface area contributed by atoms with Crippen LogP contribution in [-0.4, -0.2) is 47.8 Å². The van der Waals surface area contributed by atoms with Crippen molar-refractivity contribution in [2.24, 2.45) is 5.92 Å². The Morgan fingerprint density at radius 2 is 2.18 bits per heavy atom. The smallest absolute Gasteiger partial charge is 0.0570 e. The lowest BCUT2D eigenvalue weighted by Gasteiger charge is -2.40. The quantitative estimate of drug-likeness (QED) is 0.766. The van der Waals surface area contributed by atoms with Crippen LogP contribution in [0.1, 0.15) is 46.0 Å². The zero-order valence-corrected chi connectivity index (χ0v) is 11.4. The van der Waals surface area contributed by atoms with Gasteiger partial charge in [0.15, 0.2) is 0 Å². The minimum atomic E-state index is -0.0392. The minimum Gasteiger partial charge on any atom is -0.393 e. The summed E-state index contributed by atoms with van der Waals surface area (Å²) < 4.78 is 0. The van der Waals surface area contributed by atoms with Gasteiger partial charge in [-0.3, -0.25) is 0 Å². The van der Waals surface area contributed by atoms with Crippen LogP contribution < -0.4 is 5.32 Å². The third-order valence-electron chi connectivity index (χ3n) is 4.40. The second-order valence-corrected chi connectivity index (χ2v) is 5.98. The van der Waals surface area contributed by atoms with Gasteiger partial charge in [-0.2, -0.15) is 0 Å². The lowest BCUT2D eigenvalue weighted by molar-refractivity contribution is 0.0499. The van der Waals surface area contributed by atoms with E-state index in [9.17, 15) is 5.11 Å². The minimum absolute atomic E-state index is 0.0392. The van der Waals surface area contributed by atoms with Gasteiger partial charge in [-0.25, -0.2) is 0 Å². The van der Waals surface area contributed by atoms with Gasteiger partial charge in [-0.1, -0.05) is 6.92 Å². The molecule has 17 heavy (non-hydrogen) atoms. The van der Waals surface area contributed by atoms with Crippen LogP contribution in [0.2, 0.25) is 0 Å². The molecule has 3 nitrogen and oxygen atoms in total. The van der Waals surface area contributed by atoms with Gasteiger partial charge in [0.1, 0.15) is 0 Å². The van der Waals surface area contributed by atoms with Gasteiger partial charge in [0, 0.05) is 18.6 Å². The standard InChI is InChI=1S/C14H28N2O/c1-3-6-16-7-4-5-12(10-16)11(2)15-13-8-14(17)9-13/h11-15,17H,3-10H2,1-2H3. The molecule has 1 heterocycles. The summed E-state index contributed by atoms with van der Waals surface area (Å²) in [5, 5.41) is 13.0. The molecule has 3 heteroatoms. The van der Waals surface area contributed by atoms with E-state index in [-0.39, 0.29) is 6.10 Å². The monoisotopic (exact) mass is 240 g/mol. The molecular weight excluding hydrogens is 212 g/mol. The second-order valence-electron chi connectivity index (χ2n) is 5.98. The highest BCUT2D eigenvalue weighted by atomic mass is 16.3. The third kappa shape index (κ3) is 3.67. The Labute approximate surface area is 106 Å². The molecule has 0 bridgehead atoms. The fraction of sp³-hybridized carbons (Fsp3) is 1.00. The molecule has 2 N–H and O–H groups in total. The molecule has 100 valence electrons. The van der Waals surface area contributed by atoms with Gasteiger partial charge in [0.2, 0.25) is 0 Å². The average Bonchev–Trinajstić information content (AvgIpc) is 2.28. The van der Waals surface area contributed by atoms with Crippen LogP contribution in [-0.2, 0) is 0 Å². The van der Waals surface area contributed by atoms with Crippen LogP contribution >= 0.6 is 0 Å². The highest BCUT2D eigenvalue weighted by Crippen LogP contribution is 2.24. The van der Waals surface area contributed by atoms with E-state index in [0.717, 1.165) is 18.8 Å². The van der Waals surface area contributed by atoms with Gasteiger partial charge in [-0.15, -0.1) is 0 Å². The van der Waals surface area contributed by atoms with E-state index < -0.39 is 0 Å². The molecule has 0 radical (unpaired) electrons. The van der Waals surface area contributed by atoms with Crippen molar-refractivity contribution < 1.29 is 5.11 Å². The maximum Gasteiger partial charge on any atom is 0.0570 e. The van der Waals surface area contributed by atoms with Crippen LogP contribution in [0.3, 0.4) is 0 Å². The van der Waals surface area contributed by atoms with Gasteiger partial charge < -0.3 is 15.3 Å². The first kappa shape index (κ1) is 13.3. The van der Waals surface area contributed by atoms with Crippen LogP contribution in [0.15, 0.2) is 0 Å². The van der Waals surface area contributed by atoms with Crippen LogP contribution in [0.25, 0.3) is 0 Å². The Morgan fingerprint density at radius 1 is 1.41 bits per heavy atom. The molecule has 0 aromatic heterocycles. The molecule has 2 atom stereocenters. The van der Waals surface area contributed by atoms with E-state index in [4.69, 9.17) is 0 Å². The zero-order valence-electron chi connectivity index (χ0n) is 11.4. The van der Waals surface area contributed by atoms with E-state index in [1.807, 2.05) is 0 Å². The maximum absolute atomic E-state index is 9.31. The number of aliphatic hydroxyl groups excluding tert-OH is 1. The van der Waals surface area contributed by atoms with Crippen LogP contribution in [0, 0.1) is 5.92 Å². The van der Waals surface area contributed by atoms with Gasteiger partial charge >= 0.3 is 0 Å². The predicted octanol–water partition coefficient (Wildman–Crippen LogP) is 1.61. The Bertz CT molecular complexity index is 226. The molecule has 1 aliphatic heterocycles. The second kappa shape index (κ2) is 6.17. The van der Waals surface area contributed by atoms with Crippen molar-refractivity contribution in [2.45, 2.75) is 64.1 Å². The first-order valence-electron chi connectivity index (χ1n) is 7.35. The first-order valence-corrected chi connectivity index (χ1v) is 7.35. The van der Waals surface area contributed by atoms with Crippen molar-refractivity contribution in [3.05, 3.63) is 0 Å². The number of hydrogen-bond acceptors (Lipinski definition) is 3. The molecular formula is C14H28N2O. The lowest BCUT2D eigenvalue weighted by Crippen LogP contribution is -2.52. The van der Waals surface area contributed by atoms with Crippen molar-refractivity contribution >= 4 is 0 Å². The highest BCUT2D eigenvalue weighted by molar-refractivity contribution is 4.89. The van der Waals surface area contributed by atoms with Gasteiger partial charge in [-0.05, 0) is 58.0 Å². The van der Waals surface area contributed by atoms with E-state index in [0.29, 0.717) is 12.1 Å². The summed E-state index contributed by atoms with van der Waals surface area (Å²) in [6.45, 7) is 8.40. The van der Waals surface area contributed by atoms with Crippen molar-refractivity contribution in [3.63, 3.8) is 0 Å². The van der Waals surface area contributed by atoms with Crippen LogP contribution in [0.4, 0.5) is 0 Å². The van der Waals surface area contributed by atoms with Gasteiger partial charge in [0.05, 0.1) is 6.10 Å². The summed E-state index contributed by atoms with van der Waals surface area (Å²) in [6, 6.07) is 1.17. The summed E-state index contributed by atoms with van der Waals surface area (Å²) in [5.74, 6) is 0.799. The molecule has 0 aromatic rings. The molecule has 0 aromatic carbocycles. The molecule has 1 saturated carbocycles. The number of nitrogens with zero attached hydrogens (tertiary/aromatic N) is 1. The topological polar surface area (TPSA) is 35.5 Å². The average molecular weight is 240 g/mol. The molecule has 1 aliphatic carbocycles. The number of hydrogen-bond donors (Lipinski definition) is 2. The Kier molecular flexibility index (Phi) is 4.83. The van der Waals surface area contributed by atoms with Crippen molar-refractivity contribution in [3.8, 4) is 0 Å². The fourth-order valence-electron chi connectivity index (χ4n) is 3.25. The summed E-state index contributed by atoms with van der Waals surface area (Å²) in [4.78, 5) is 2.61. The number of likely N-dealkylation sites (tertiary alicyclic amines) is 1. The third-order valence-corrected chi connectivity index (χ3v) is 4.40. The van der Waals surface area contributed by atoms with Gasteiger partial charge in [0.25, 0.3) is 0 Å². The number of piperidine rings is 1. The number of aliphatic hydroxyl groups is 1. The normalized spacial score (nSPS) is 36.5. The summed E-state index contributed by atoms with van der Waals surface area (Å²) in [6.07, 6.45) is 5.85. The Morgan fingerprint density at radius 3 is 2.82 bits per heavy atom. The number of rotatable bonds is 5. The highest BCUT2D eigenvalue weighted by Gasteiger charge is 2.31. The van der Waals surface area contributed by atoms with E-state index >= 15 is 0 Å². The number of nitrogens with one attached hydrogen (secondary N) is 1. The molecule has 2 unspecified atom stereocenters. The van der Waals surface area contributed by atoms with E-state index in [1.54, 1.807) is 0 Å². The largest absolute Gasteiger partial charge is 0.393 e. The summed E-state index contributed by atoms with van der Waals surface area (Å²) in [5.41, 5.74) is 0. The predicted molar refractivity (Wildman–Crippen MR) is 71.1 cm³/mol. The molecule has 2 rings (SSSR count). The SMILES string of the molecule is CCCN1CCCC(C(C)NC2CC(O)C2)C1. The van der Waals surface area contributed by atoms with Crippen LogP contribution in [0.5, 0.6) is 0 Å². The fourth-order valence-corrected chi connectivity index (χ4v) is 3.25. The Balaban J connectivity index is 1.72. The van der Waals surface area contributed by atoms with Crippen molar-refractivity contribution in [2.75, 3.05) is 19.6 Å².